The molecule has 1 aromatic carbocycles. The molecule has 0 aliphatic heterocycles. The van der Waals surface area contributed by atoms with E-state index in [0.717, 1.165) is 52.5 Å². The highest BCUT2D eigenvalue weighted by Gasteiger charge is 2.33. The van der Waals surface area contributed by atoms with Gasteiger partial charge in [0.05, 0.1) is 18.4 Å². The summed E-state index contributed by atoms with van der Waals surface area (Å²) in [6.45, 7) is 11.3. The van der Waals surface area contributed by atoms with Crippen LogP contribution in [-0.4, -0.2) is 16.7 Å². The van der Waals surface area contributed by atoms with Gasteiger partial charge in [-0.3, -0.25) is 4.79 Å². The van der Waals surface area contributed by atoms with Crippen LogP contribution < -0.4 is 5.32 Å². The fraction of sp³-hybridized carbons (Fsp3) is 0.355. The summed E-state index contributed by atoms with van der Waals surface area (Å²) in [5, 5.41) is 3.78. The van der Waals surface area contributed by atoms with Gasteiger partial charge in [-0.1, -0.05) is 20.8 Å². The number of nitrogens with zero attached hydrogens (tertiary/aromatic N) is 2. The van der Waals surface area contributed by atoms with Gasteiger partial charge in [0.15, 0.2) is 0 Å². The van der Waals surface area contributed by atoms with Crippen molar-refractivity contribution in [2.75, 3.05) is 0 Å². The van der Waals surface area contributed by atoms with Gasteiger partial charge >= 0.3 is 0 Å². The lowest BCUT2D eigenvalue weighted by Crippen LogP contribution is -2.28. The van der Waals surface area contributed by atoms with Crippen molar-refractivity contribution < 1.29 is 13.6 Å². The molecule has 38 heavy (non-hydrogen) atoms. The summed E-state index contributed by atoms with van der Waals surface area (Å²) in [4.78, 5) is 19.6. The van der Waals surface area contributed by atoms with Crippen molar-refractivity contribution in [1.82, 2.24) is 9.88 Å². The number of fused-ring (bicyclic) bond motifs is 1. The van der Waals surface area contributed by atoms with Gasteiger partial charge in [0.2, 0.25) is 0 Å². The summed E-state index contributed by atoms with van der Waals surface area (Å²) in [5.41, 5.74) is 5.95. The summed E-state index contributed by atoms with van der Waals surface area (Å²) in [5.74, 6) is 0.913. The maximum absolute atomic E-state index is 13.5. The number of carbonyl (C=O) groups excluding carboxylic acids is 1. The van der Waals surface area contributed by atoms with Crippen molar-refractivity contribution in [3.63, 3.8) is 0 Å². The molecular weight excluding hydrogens is 497 g/mol. The van der Waals surface area contributed by atoms with Gasteiger partial charge in [0.1, 0.15) is 16.6 Å². The second-order valence-electron chi connectivity index (χ2n) is 11.1. The second kappa shape index (κ2) is 10.4. The van der Waals surface area contributed by atoms with Crippen LogP contribution in [0.5, 0.6) is 0 Å². The maximum Gasteiger partial charge on any atom is 0.255 e. The molecule has 0 radical (unpaired) electrons. The maximum atomic E-state index is 13.5. The lowest BCUT2D eigenvalue weighted by atomic mass is 9.72. The summed E-state index contributed by atoms with van der Waals surface area (Å²) in [6.07, 6.45) is 6.37. The van der Waals surface area contributed by atoms with Crippen molar-refractivity contribution in [3.05, 3.63) is 93.3 Å². The van der Waals surface area contributed by atoms with Crippen LogP contribution in [0, 0.1) is 31.0 Å². The molecule has 198 valence electrons. The number of amides is 1. The summed E-state index contributed by atoms with van der Waals surface area (Å²) >= 11 is 1.64. The van der Waals surface area contributed by atoms with Crippen LogP contribution in [0.4, 0.5) is 9.39 Å². The number of halogens is 1. The van der Waals surface area contributed by atoms with E-state index in [-0.39, 0.29) is 17.1 Å². The molecule has 0 bridgehead atoms. The quantitative estimate of drug-likeness (QED) is 0.259. The Morgan fingerprint density at radius 1 is 1.24 bits per heavy atom. The molecule has 1 aliphatic rings. The molecular formula is C31H34FN3O2S. The number of furan rings is 1. The lowest BCUT2D eigenvalue weighted by molar-refractivity contribution is 0.0947. The molecule has 7 heteroatoms. The second-order valence-corrected chi connectivity index (χ2v) is 12.2. The van der Waals surface area contributed by atoms with E-state index in [4.69, 9.17) is 9.41 Å². The van der Waals surface area contributed by atoms with E-state index in [1.807, 2.05) is 32.2 Å². The van der Waals surface area contributed by atoms with Gasteiger partial charge in [-0.15, -0.1) is 11.3 Å². The van der Waals surface area contributed by atoms with Crippen molar-refractivity contribution in [1.29, 1.82) is 0 Å². The topological polar surface area (TPSA) is 59.5 Å². The van der Waals surface area contributed by atoms with E-state index in [2.05, 4.69) is 36.7 Å². The van der Waals surface area contributed by atoms with Gasteiger partial charge in [-0.25, -0.2) is 9.38 Å². The van der Waals surface area contributed by atoms with Crippen LogP contribution in [0.25, 0.3) is 5.69 Å². The Kier molecular flexibility index (Phi) is 7.14. The zero-order valence-corrected chi connectivity index (χ0v) is 23.4. The van der Waals surface area contributed by atoms with E-state index in [1.165, 1.54) is 17.0 Å². The molecule has 5 rings (SSSR count). The van der Waals surface area contributed by atoms with Crippen molar-refractivity contribution in [2.45, 2.75) is 60.4 Å². The molecule has 5 nitrogen and oxygen atoms in total. The van der Waals surface area contributed by atoms with Crippen molar-refractivity contribution in [2.24, 2.45) is 16.3 Å². The molecule has 1 atom stereocenters. The average Bonchev–Trinajstić information content (AvgIpc) is 3.59. The number of benzene rings is 1. The van der Waals surface area contributed by atoms with E-state index >= 15 is 0 Å². The third-order valence-electron chi connectivity index (χ3n) is 7.58. The van der Waals surface area contributed by atoms with E-state index < -0.39 is 0 Å². The first-order chi connectivity index (χ1) is 18.1. The SMILES string of the molecule is Cc1cc(C=Nc2sc3c(c2C(=O)NCc2ccco2)CC[C@H](C(C)(C)C)C3)c(C)n1-c1ccc(F)cc1. The minimum atomic E-state index is -0.258. The Bertz CT molecular complexity index is 1470. The van der Waals surface area contributed by atoms with E-state index in [9.17, 15) is 9.18 Å². The number of hydrogen-bond donors (Lipinski definition) is 1. The minimum absolute atomic E-state index is 0.114. The molecule has 3 aromatic heterocycles. The van der Waals surface area contributed by atoms with Crippen molar-refractivity contribution in [3.8, 4) is 5.69 Å². The number of nitrogens with one attached hydrogen (secondary N) is 1. The molecule has 1 N–H and O–H groups in total. The Morgan fingerprint density at radius 3 is 2.68 bits per heavy atom. The minimum Gasteiger partial charge on any atom is -0.467 e. The van der Waals surface area contributed by atoms with Crippen LogP contribution in [-0.2, 0) is 19.4 Å². The first-order valence-corrected chi connectivity index (χ1v) is 13.9. The summed E-state index contributed by atoms with van der Waals surface area (Å²) in [6, 6.07) is 12.2. The third-order valence-corrected chi connectivity index (χ3v) is 8.74. The highest BCUT2D eigenvalue weighted by Crippen LogP contribution is 2.45. The molecule has 0 fully saturated rings. The fourth-order valence-corrected chi connectivity index (χ4v) is 6.61. The Hall–Kier alpha value is -3.45. The standard InChI is InChI=1S/C31H34FN3O2S/c1-19-15-21(20(2)35(19)24-11-9-23(32)10-12-24)17-34-30-28(29(36)33-18-25-7-6-14-37-25)26-13-8-22(31(3,4)5)16-27(26)38-30/h6-7,9-12,14-15,17,22H,8,13,16,18H2,1-5H3,(H,33,36)/t22-/m0/s1. The predicted octanol–water partition coefficient (Wildman–Crippen LogP) is 7.72. The lowest BCUT2D eigenvalue weighted by Gasteiger charge is -2.33. The normalized spacial score (nSPS) is 15.7. The van der Waals surface area contributed by atoms with Gasteiger partial charge < -0.3 is 14.3 Å². The highest BCUT2D eigenvalue weighted by atomic mass is 32.1. The van der Waals surface area contributed by atoms with Gasteiger partial charge in [0.25, 0.3) is 5.91 Å². The van der Waals surface area contributed by atoms with E-state index in [1.54, 1.807) is 29.7 Å². The first-order valence-electron chi connectivity index (χ1n) is 13.1. The Labute approximate surface area is 227 Å². The molecule has 0 unspecified atom stereocenters. The molecule has 4 aromatic rings. The number of carbonyl (C=O) groups is 1. The number of thiophene rings is 1. The largest absolute Gasteiger partial charge is 0.467 e. The molecule has 0 saturated heterocycles. The van der Waals surface area contributed by atoms with Crippen LogP contribution in [0.15, 0.2) is 58.1 Å². The molecule has 1 aliphatic carbocycles. The monoisotopic (exact) mass is 531 g/mol. The summed E-state index contributed by atoms with van der Waals surface area (Å²) in [7, 11) is 0. The number of aryl methyl sites for hydroxylation is 1. The fourth-order valence-electron chi connectivity index (χ4n) is 5.34. The Morgan fingerprint density at radius 2 is 2.00 bits per heavy atom. The molecule has 1 amide bonds. The number of rotatable bonds is 6. The van der Waals surface area contributed by atoms with Crippen LogP contribution >= 0.6 is 11.3 Å². The van der Waals surface area contributed by atoms with Gasteiger partial charge in [0, 0.05) is 33.7 Å². The Balaban J connectivity index is 1.48. The smallest absolute Gasteiger partial charge is 0.255 e. The van der Waals surface area contributed by atoms with Crippen LogP contribution in [0.2, 0.25) is 0 Å². The average molecular weight is 532 g/mol. The molecule has 3 heterocycles. The van der Waals surface area contributed by atoms with Gasteiger partial charge in [-0.05, 0) is 92.5 Å². The number of aliphatic imine (C=N–C) groups is 1. The zero-order valence-electron chi connectivity index (χ0n) is 22.6. The number of hydrogen-bond acceptors (Lipinski definition) is 4. The van der Waals surface area contributed by atoms with Crippen LogP contribution in [0.3, 0.4) is 0 Å². The predicted molar refractivity (Wildman–Crippen MR) is 152 cm³/mol. The van der Waals surface area contributed by atoms with Crippen LogP contribution in [0.1, 0.15) is 70.7 Å². The third kappa shape index (κ3) is 5.25. The van der Waals surface area contributed by atoms with E-state index in [0.29, 0.717) is 23.8 Å². The zero-order chi connectivity index (χ0) is 27.0. The number of aromatic nitrogens is 1. The summed E-state index contributed by atoms with van der Waals surface area (Å²) < 4.78 is 21.0. The highest BCUT2D eigenvalue weighted by molar-refractivity contribution is 7.16. The first kappa shape index (κ1) is 26.2. The van der Waals surface area contributed by atoms with Gasteiger partial charge in [-0.2, -0.15) is 0 Å². The molecule has 0 spiro atoms. The molecule has 0 saturated carbocycles. The van der Waals surface area contributed by atoms with Crippen molar-refractivity contribution >= 4 is 28.5 Å².